The number of primary amides is 1. The molecule has 2 aliphatic rings. The van der Waals surface area contributed by atoms with Crippen LogP contribution in [0.15, 0.2) is 49.6 Å². The molecule has 10 nitrogen and oxygen atoms in total. The van der Waals surface area contributed by atoms with Crippen molar-refractivity contribution in [2.45, 2.75) is 98.3 Å². The molecule has 0 spiro atoms. The molecule has 1 aromatic rings. The molecule has 1 saturated heterocycles. The van der Waals surface area contributed by atoms with Gasteiger partial charge >= 0.3 is 6.03 Å². The molecule has 0 bridgehead atoms. The van der Waals surface area contributed by atoms with Gasteiger partial charge in [0.1, 0.15) is 12.1 Å². The number of nitrogens with zero attached hydrogens (tertiary/aromatic N) is 1. The van der Waals surface area contributed by atoms with Gasteiger partial charge in [0.2, 0.25) is 17.6 Å². The predicted octanol–water partition coefficient (Wildman–Crippen LogP) is 4.21. The van der Waals surface area contributed by atoms with Crippen molar-refractivity contribution in [3.8, 4) is 0 Å². The summed E-state index contributed by atoms with van der Waals surface area (Å²) in [6.07, 6.45) is 4.42. The average molecular weight is 636 g/mol. The minimum Gasteiger partial charge on any atom is -0.363 e. The molecule has 252 valence electrons. The highest BCUT2D eigenvalue weighted by Gasteiger charge is 2.50. The Labute approximate surface area is 274 Å². The first-order chi connectivity index (χ1) is 21.4. The maximum absolute atomic E-state index is 14.4. The van der Waals surface area contributed by atoms with Crippen LogP contribution in [-0.4, -0.2) is 65.1 Å². The molecule has 1 aromatic carbocycles. The Kier molecular flexibility index (Phi) is 11.6. The number of hydrogen-bond acceptors (Lipinski definition) is 5. The second-order valence-electron chi connectivity index (χ2n) is 14.9. The second kappa shape index (κ2) is 14.6. The van der Waals surface area contributed by atoms with Gasteiger partial charge in [0.25, 0.3) is 5.91 Å². The Hall–Kier alpha value is -3.95. The van der Waals surface area contributed by atoms with Crippen LogP contribution in [0.2, 0.25) is 0 Å². The summed E-state index contributed by atoms with van der Waals surface area (Å²) < 4.78 is 0. The third-order valence-corrected chi connectivity index (χ3v) is 9.43. The molecular weight excluding hydrogens is 582 g/mol. The first-order valence-electron chi connectivity index (χ1n) is 16.3. The molecule has 2 unspecified atom stereocenters. The zero-order valence-electron chi connectivity index (χ0n) is 28.5. The van der Waals surface area contributed by atoms with E-state index in [4.69, 9.17) is 5.73 Å². The summed E-state index contributed by atoms with van der Waals surface area (Å²) in [6.45, 7) is 21.9. The summed E-state index contributed by atoms with van der Waals surface area (Å²) >= 11 is 0. The molecule has 5 amide bonds. The molecule has 46 heavy (non-hydrogen) atoms. The fourth-order valence-electron chi connectivity index (χ4n) is 6.26. The standard InChI is InChI=1S/C36H53N5O5/c1-10-36(8,9)25-18-19-41(28(25)32(44)38-26(20-23-16-17-23)29(42)31(37)43)33(45)30(35(5,6)7)40-34(46)39-27(21(2)3)22(4)24-14-12-11-13-15-24/h10-15,21,23,25-28,30H,1,4,16-20H2,2-3,5-9H3,(H2,37,43)(H,38,44)(H2,39,40,46)/t25?,26?,27-,28-,30+/m0/s1. The number of Topliss-reactive ketones (excluding diaryl/α,β-unsaturated/α-hetero) is 1. The number of nitrogens with one attached hydrogen (secondary N) is 3. The third kappa shape index (κ3) is 8.85. The first-order valence-corrected chi connectivity index (χ1v) is 16.3. The summed E-state index contributed by atoms with van der Waals surface area (Å²) in [7, 11) is 0. The summed E-state index contributed by atoms with van der Waals surface area (Å²) in [4.78, 5) is 68.0. The van der Waals surface area contributed by atoms with Crippen LogP contribution in [0.4, 0.5) is 4.79 Å². The van der Waals surface area contributed by atoms with E-state index in [1.165, 1.54) is 4.90 Å². The number of carbonyl (C=O) groups is 5. The molecule has 0 radical (unpaired) electrons. The second-order valence-corrected chi connectivity index (χ2v) is 14.9. The Balaban J connectivity index is 1.89. The van der Waals surface area contributed by atoms with Gasteiger partial charge in [-0.15, -0.1) is 6.58 Å². The van der Waals surface area contributed by atoms with Crippen molar-refractivity contribution < 1.29 is 24.0 Å². The van der Waals surface area contributed by atoms with Crippen molar-refractivity contribution >= 4 is 35.1 Å². The zero-order valence-corrected chi connectivity index (χ0v) is 28.5. The lowest BCUT2D eigenvalue weighted by molar-refractivity contribution is -0.144. The largest absolute Gasteiger partial charge is 0.363 e. The Morgan fingerprint density at radius 3 is 2.09 bits per heavy atom. The normalized spacial score (nSPS) is 20.3. The number of urea groups is 1. The maximum Gasteiger partial charge on any atom is 0.315 e. The van der Waals surface area contributed by atoms with E-state index in [9.17, 15) is 24.0 Å². The van der Waals surface area contributed by atoms with Gasteiger partial charge in [-0.25, -0.2) is 4.79 Å². The first kappa shape index (κ1) is 36.5. The van der Waals surface area contributed by atoms with Crippen molar-refractivity contribution in [2.75, 3.05) is 6.54 Å². The average Bonchev–Trinajstić information content (AvgIpc) is 3.69. The number of allylic oxidation sites excluding steroid dienone is 1. The fraction of sp³-hybridized carbons (Fsp3) is 0.583. The van der Waals surface area contributed by atoms with Gasteiger partial charge in [-0.05, 0) is 52.6 Å². The van der Waals surface area contributed by atoms with Crippen LogP contribution in [0.25, 0.3) is 5.57 Å². The number of amides is 5. The van der Waals surface area contributed by atoms with Crippen LogP contribution < -0.4 is 21.7 Å². The Morgan fingerprint density at radius 1 is 0.978 bits per heavy atom. The van der Waals surface area contributed by atoms with Gasteiger partial charge in [0, 0.05) is 6.54 Å². The molecule has 3 rings (SSSR count). The lowest BCUT2D eigenvalue weighted by atomic mass is 9.74. The van der Waals surface area contributed by atoms with Crippen LogP contribution >= 0.6 is 0 Å². The predicted molar refractivity (Wildman–Crippen MR) is 180 cm³/mol. The molecule has 1 saturated carbocycles. The van der Waals surface area contributed by atoms with E-state index in [-0.39, 0.29) is 24.3 Å². The SMILES string of the molecule is C=CC(C)(C)C1CCN(C(=O)[C@@H](NC(=O)N[C@H](C(=C)c2ccccc2)C(C)C)C(C)(C)C)[C@@H]1C(=O)NC(CC1CC1)C(=O)C(N)=O. The number of likely N-dealkylation sites (tertiary alicyclic amines) is 1. The Bertz CT molecular complexity index is 1330. The smallest absolute Gasteiger partial charge is 0.315 e. The quantitative estimate of drug-likeness (QED) is 0.178. The summed E-state index contributed by atoms with van der Waals surface area (Å²) in [5, 5.41) is 8.71. The molecule has 10 heteroatoms. The van der Waals surface area contributed by atoms with Crippen LogP contribution in [0.3, 0.4) is 0 Å². The maximum atomic E-state index is 14.4. The van der Waals surface area contributed by atoms with E-state index in [1.807, 2.05) is 78.8 Å². The number of benzene rings is 1. The van der Waals surface area contributed by atoms with Crippen molar-refractivity contribution in [1.82, 2.24) is 20.9 Å². The molecule has 2 fully saturated rings. The molecule has 5 N–H and O–H groups in total. The van der Waals surface area contributed by atoms with E-state index < -0.39 is 64.5 Å². The third-order valence-electron chi connectivity index (χ3n) is 9.43. The van der Waals surface area contributed by atoms with Crippen molar-refractivity contribution in [3.05, 3.63) is 55.1 Å². The highest BCUT2D eigenvalue weighted by molar-refractivity contribution is 6.37. The van der Waals surface area contributed by atoms with Gasteiger partial charge in [0.15, 0.2) is 0 Å². The number of carbonyl (C=O) groups excluding carboxylic acids is 5. The highest BCUT2D eigenvalue weighted by Crippen LogP contribution is 2.41. The van der Waals surface area contributed by atoms with Gasteiger partial charge < -0.3 is 26.6 Å². The number of hydrogen-bond donors (Lipinski definition) is 4. The van der Waals surface area contributed by atoms with Gasteiger partial charge in [-0.3, -0.25) is 19.2 Å². The number of rotatable bonds is 14. The van der Waals surface area contributed by atoms with E-state index in [0.29, 0.717) is 12.8 Å². The molecule has 1 heterocycles. The number of ketones is 1. The molecule has 1 aliphatic carbocycles. The lowest BCUT2D eigenvalue weighted by Crippen LogP contribution is -2.62. The van der Waals surface area contributed by atoms with Crippen molar-refractivity contribution in [3.63, 3.8) is 0 Å². The topological polar surface area (TPSA) is 151 Å². The summed E-state index contributed by atoms with van der Waals surface area (Å²) in [6, 6.07) is 5.68. The van der Waals surface area contributed by atoms with Gasteiger partial charge in [-0.2, -0.15) is 0 Å². The van der Waals surface area contributed by atoms with Crippen molar-refractivity contribution in [1.29, 1.82) is 0 Å². The lowest BCUT2D eigenvalue weighted by Gasteiger charge is -2.39. The van der Waals surface area contributed by atoms with Gasteiger partial charge in [-0.1, -0.05) is 104 Å². The van der Waals surface area contributed by atoms with E-state index in [1.54, 1.807) is 6.08 Å². The van der Waals surface area contributed by atoms with Crippen LogP contribution in [0, 0.1) is 28.6 Å². The fourth-order valence-corrected chi connectivity index (χ4v) is 6.26. The number of nitrogens with two attached hydrogens (primary N) is 1. The van der Waals surface area contributed by atoms with Crippen LogP contribution in [-0.2, 0) is 19.2 Å². The van der Waals surface area contributed by atoms with Crippen molar-refractivity contribution in [2.24, 2.45) is 34.3 Å². The summed E-state index contributed by atoms with van der Waals surface area (Å²) in [5.41, 5.74) is 5.72. The van der Waals surface area contributed by atoms with E-state index >= 15 is 0 Å². The molecule has 1 aliphatic heterocycles. The molecule has 5 atom stereocenters. The monoisotopic (exact) mass is 635 g/mol. The zero-order chi connectivity index (χ0) is 34.6. The minimum atomic E-state index is -1.11. The minimum absolute atomic E-state index is 0.0162. The highest BCUT2D eigenvalue weighted by atomic mass is 16.2. The molecular formula is C36H53N5O5. The van der Waals surface area contributed by atoms with E-state index in [2.05, 4.69) is 29.1 Å². The van der Waals surface area contributed by atoms with Crippen LogP contribution in [0.5, 0.6) is 0 Å². The summed E-state index contributed by atoms with van der Waals surface area (Å²) in [5.74, 6) is -2.97. The van der Waals surface area contributed by atoms with E-state index in [0.717, 1.165) is 24.0 Å². The molecule has 0 aromatic heterocycles. The Morgan fingerprint density at radius 2 is 1.59 bits per heavy atom. The van der Waals surface area contributed by atoms with Gasteiger partial charge in [0.05, 0.1) is 12.1 Å². The van der Waals surface area contributed by atoms with Crippen LogP contribution in [0.1, 0.15) is 79.7 Å².